The lowest BCUT2D eigenvalue weighted by Gasteiger charge is -2.19. The number of hydrogen-bond donors (Lipinski definition) is 3. The van der Waals surface area contributed by atoms with Crippen LogP contribution in [0.2, 0.25) is 0 Å². The smallest absolute Gasteiger partial charge is 0.217 e. The molecule has 8 bridgehead atoms. The number of amides is 1. The molecule has 0 saturated carbocycles. The zero-order valence-corrected chi connectivity index (χ0v) is 34.0. The number of benzene rings is 4. The van der Waals surface area contributed by atoms with Gasteiger partial charge in [-0.3, -0.25) is 4.79 Å². The van der Waals surface area contributed by atoms with Crippen LogP contribution >= 0.6 is 0 Å². The lowest BCUT2D eigenvalue weighted by Crippen LogP contribution is -2.11. The maximum absolute atomic E-state index is 11.8. The molecular weight excluding hydrogens is 707 g/mol. The Kier molecular flexibility index (Phi) is 8.04. The fraction of sp³-hybridized carbons (Fsp3) is 0.298. The molecule has 0 atom stereocenters. The summed E-state index contributed by atoms with van der Waals surface area (Å²) in [6, 6.07) is 25.5. The third kappa shape index (κ3) is 6.42. The predicted molar refractivity (Wildman–Crippen MR) is 230 cm³/mol. The molecule has 4 aromatic carbocycles. The van der Waals surface area contributed by atoms with Crippen molar-refractivity contribution in [1.29, 1.82) is 0 Å². The number of carbonyl (C=O) groups excluding carboxylic acids is 1. The molecule has 0 aliphatic carbocycles. The number of primary amides is 1. The highest BCUT2D eigenvalue weighted by atomic mass is 16.1. The number of H-pyrrole nitrogens is 2. The van der Waals surface area contributed by atoms with Crippen molar-refractivity contribution in [2.45, 2.75) is 91.4 Å². The van der Waals surface area contributed by atoms with E-state index in [1.165, 1.54) is 16.7 Å². The Hall–Kier alpha value is -6.29. The van der Waals surface area contributed by atoms with Gasteiger partial charge in [0.25, 0.3) is 0 Å². The van der Waals surface area contributed by atoms with Crippen LogP contribution in [0.1, 0.15) is 91.0 Å². The molecule has 9 rings (SSSR count). The number of aromatic amines is 2. The zero-order valence-electron chi connectivity index (χ0n) is 34.0. The van der Waals surface area contributed by atoms with E-state index in [4.69, 9.17) is 35.6 Å². The lowest BCUT2D eigenvalue weighted by molar-refractivity contribution is -0.117. The normalized spacial score (nSPS) is 12.9. The number of fused-ring (bicyclic) bond motifs is 20. The van der Waals surface area contributed by atoms with Crippen molar-refractivity contribution >= 4 is 50.0 Å². The number of aryl methyl sites for hydroxylation is 1. The van der Waals surface area contributed by atoms with Crippen LogP contribution in [0, 0.1) is 0 Å². The number of aromatic nitrogens is 8. The van der Waals surface area contributed by atoms with Crippen LogP contribution in [0.15, 0.2) is 72.8 Å². The van der Waals surface area contributed by atoms with Gasteiger partial charge in [0, 0.05) is 50.2 Å². The molecule has 7 aromatic rings. The minimum absolute atomic E-state index is 0.0841. The lowest BCUT2D eigenvalue weighted by atomic mass is 9.85. The van der Waals surface area contributed by atoms with E-state index in [-0.39, 0.29) is 28.6 Å². The summed E-state index contributed by atoms with van der Waals surface area (Å²) in [6.45, 7) is 19.9. The van der Waals surface area contributed by atoms with Gasteiger partial charge in [0.15, 0.2) is 23.3 Å². The summed E-state index contributed by atoms with van der Waals surface area (Å²) in [6.07, 6.45) is 0.755. The van der Waals surface area contributed by atoms with Gasteiger partial charge in [0.2, 0.25) is 5.91 Å². The van der Waals surface area contributed by atoms with Crippen molar-refractivity contribution in [3.63, 3.8) is 0 Å². The Morgan fingerprint density at radius 3 is 1.32 bits per heavy atom. The van der Waals surface area contributed by atoms with Crippen molar-refractivity contribution in [3.8, 4) is 45.6 Å². The fourth-order valence-electron chi connectivity index (χ4n) is 7.66. The molecular formula is C47H47N9O. The molecule has 57 heavy (non-hydrogen) atoms. The topological polar surface area (TPSA) is 152 Å². The van der Waals surface area contributed by atoms with Crippen LogP contribution < -0.4 is 5.73 Å². The van der Waals surface area contributed by atoms with Gasteiger partial charge < -0.3 is 15.7 Å². The van der Waals surface area contributed by atoms with Crippen LogP contribution in [-0.4, -0.2) is 45.8 Å². The van der Waals surface area contributed by atoms with Crippen molar-refractivity contribution in [3.05, 3.63) is 95.1 Å². The van der Waals surface area contributed by atoms with E-state index in [1.807, 2.05) is 12.1 Å². The molecule has 2 aliphatic heterocycles. The first-order chi connectivity index (χ1) is 26.9. The fourth-order valence-corrected chi connectivity index (χ4v) is 7.66. The van der Waals surface area contributed by atoms with Crippen molar-refractivity contribution in [2.75, 3.05) is 0 Å². The third-order valence-corrected chi connectivity index (χ3v) is 11.2. The molecule has 0 fully saturated rings. The second kappa shape index (κ2) is 12.6. The van der Waals surface area contributed by atoms with E-state index in [9.17, 15) is 4.79 Å². The average Bonchev–Trinajstić information content (AvgIpc) is 3.87. The third-order valence-electron chi connectivity index (χ3n) is 11.2. The maximum atomic E-state index is 11.8. The van der Waals surface area contributed by atoms with Gasteiger partial charge in [0.1, 0.15) is 22.6 Å². The molecule has 5 heterocycles. The van der Waals surface area contributed by atoms with Crippen LogP contribution in [0.4, 0.5) is 0 Å². The monoisotopic (exact) mass is 753 g/mol. The van der Waals surface area contributed by atoms with Gasteiger partial charge >= 0.3 is 0 Å². The summed E-state index contributed by atoms with van der Waals surface area (Å²) in [5, 5.41) is 3.61. The minimum Gasteiger partial charge on any atom is -0.370 e. The standard InChI is InChI=1S/C47H47N9O/c1-45(2,3)25-12-16-29-33(21-25)43-52-38(29)50-41-32-20-24(11-19-36(48)57)10-15-28(32)37(49-41)51-42-34-22-26(46(4,5)6)13-17-30(34)39(53-42)55-44-35-23-27(47(7,8)9)14-18-31(35)40(54-43)56-44/h10,12-18,20-23H,11,19H2,1-9H3,(H2,48,57)(H2,49,50,51,52,53,54,55,56). The van der Waals surface area contributed by atoms with Crippen LogP contribution in [-0.2, 0) is 27.5 Å². The van der Waals surface area contributed by atoms with E-state index < -0.39 is 0 Å². The highest BCUT2D eigenvalue weighted by molar-refractivity contribution is 6.06. The molecule has 3 aromatic heterocycles. The summed E-state index contributed by atoms with van der Waals surface area (Å²) in [5.74, 6) is 1.88. The second-order valence-corrected chi connectivity index (χ2v) is 18.5. The molecule has 4 N–H and O–H groups in total. The number of carbonyl (C=O) groups is 1. The van der Waals surface area contributed by atoms with Crippen LogP contribution in [0.5, 0.6) is 0 Å². The molecule has 1 amide bonds. The predicted octanol–water partition coefficient (Wildman–Crippen LogP) is 10.2. The molecule has 0 saturated heterocycles. The highest BCUT2D eigenvalue weighted by Gasteiger charge is 2.26. The van der Waals surface area contributed by atoms with Gasteiger partial charge in [-0.1, -0.05) is 111 Å². The SMILES string of the molecule is CC(C)(C)c1ccc2c(c1)-c1nc-2nc2[nH]c(nc3nc(nc4[nH]c(n1)c1ccc(CCC(N)=O)cc41)-c1ccc(C(C)(C)C)cc1-3)c1ccc(C(C)(C)C)cc21. The first-order valence-electron chi connectivity index (χ1n) is 19.6. The molecule has 10 heteroatoms. The Morgan fingerprint density at radius 1 is 0.474 bits per heavy atom. The summed E-state index contributed by atoms with van der Waals surface area (Å²) in [4.78, 5) is 50.2. The number of rotatable bonds is 3. The van der Waals surface area contributed by atoms with Crippen molar-refractivity contribution < 1.29 is 4.79 Å². The highest BCUT2D eigenvalue weighted by Crippen LogP contribution is 2.40. The summed E-state index contributed by atoms with van der Waals surface area (Å²) in [5.41, 5.74) is 15.9. The van der Waals surface area contributed by atoms with Gasteiger partial charge in [-0.25, -0.2) is 29.9 Å². The molecule has 10 nitrogen and oxygen atoms in total. The van der Waals surface area contributed by atoms with E-state index in [0.29, 0.717) is 52.3 Å². The summed E-state index contributed by atoms with van der Waals surface area (Å²) < 4.78 is 0. The van der Waals surface area contributed by atoms with Crippen molar-refractivity contribution in [2.24, 2.45) is 5.73 Å². The minimum atomic E-state index is -0.345. The quantitative estimate of drug-likeness (QED) is 0.162. The Labute approximate surface area is 331 Å². The Balaban J connectivity index is 1.44. The van der Waals surface area contributed by atoms with Gasteiger partial charge in [-0.05, 0) is 69.2 Å². The molecule has 0 radical (unpaired) electrons. The van der Waals surface area contributed by atoms with Gasteiger partial charge in [0.05, 0.1) is 0 Å². The Bertz CT molecular complexity index is 2980. The van der Waals surface area contributed by atoms with Gasteiger partial charge in [-0.15, -0.1) is 0 Å². The maximum Gasteiger partial charge on any atom is 0.217 e. The van der Waals surface area contributed by atoms with Crippen LogP contribution in [0.3, 0.4) is 0 Å². The number of hydrogen-bond acceptors (Lipinski definition) is 7. The first kappa shape index (κ1) is 36.4. The molecule has 0 unspecified atom stereocenters. The number of nitrogens with zero attached hydrogens (tertiary/aromatic N) is 6. The van der Waals surface area contributed by atoms with E-state index >= 15 is 0 Å². The second-order valence-electron chi connectivity index (χ2n) is 18.5. The van der Waals surface area contributed by atoms with Crippen LogP contribution in [0.25, 0.3) is 89.7 Å². The number of nitrogens with two attached hydrogens (primary N) is 1. The van der Waals surface area contributed by atoms with E-state index in [1.54, 1.807) is 0 Å². The average molecular weight is 754 g/mol. The first-order valence-corrected chi connectivity index (χ1v) is 19.6. The molecule has 286 valence electrons. The summed E-state index contributed by atoms with van der Waals surface area (Å²) >= 11 is 0. The largest absolute Gasteiger partial charge is 0.370 e. The van der Waals surface area contributed by atoms with Crippen molar-refractivity contribution in [1.82, 2.24) is 39.9 Å². The van der Waals surface area contributed by atoms with E-state index in [2.05, 4.69) is 133 Å². The Morgan fingerprint density at radius 2 is 0.860 bits per heavy atom. The summed E-state index contributed by atoms with van der Waals surface area (Å²) in [7, 11) is 0. The number of nitrogens with one attached hydrogen (secondary N) is 2. The zero-order chi connectivity index (χ0) is 40.2. The molecule has 0 spiro atoms. The van der Waals surface area contributed by atoms with Gasteiger partial charge in [-0.2, -0.15) is 0 Å². The van der Waals surface area contributed by atoms with E-state index in [0.717, 1.165) is 49.4 Å². The molecule has 2 aliphatic rings.